The Balaban J connectivity index is 0.00000205. The summed E-state index contributed by atoms with van der Waals surface area (Å²) in [5.41, 5.74) is 0.334. The zero-order valence-electron chi connectivity index (χ0n) is 17.7. The van der Waals surface area contributed by atoms with E-state index >= 15 is 0 Å². The van der Waals surface area contributed by atoms with Gasteiger partial charge in [-0.2, -0.15) is 0 Å². The maximum Gasteiger partial charge on any atom is 0.237 e. The van der Waals surface area contributed by atoms with Crippen LogP contribution in [0.15, 0.2) is 0 Å². The van der Waals surface area contributed by atoms with Crippen LogP contribution in [0.25, 0.3) is 0 Å². The summed E-state index contributed by atoms with van der Waals surface area (Å²) in [5, 5.41) is 6.41. The fraction of sp³-hybridized carbons (Fsp3) is 0.913. The van der Waals surface area contributed by atoms with Crippen molar-refractivity contribution in [3.05, 3.63) is 0 Å². The minimum Gasteiger partial charge on any atom is -0.354 e. The summed E-state index contributed by atoms with van der Waals surface area (Å²) in [6.07, 6.45) is 13.3. The predicted octanol–water partition coefficient (Wildman–Crippen LogP) is 3.12. The first-order chi connectivity index (χ1) is 13.6. The van der Waals surface area contributed by atoms with Crippen molar-refractivity contribution in [3.8, 4) is 0 Å². The van der Waals surface area contributed by atoms with Gasteiger partial charge in [-0.15, -0.1) is 12.4 Å². The van der Waals surface area contributed by atoms with Crippen LogP contribution < -0.4 is 10.6 Å². The van der Waals surface area contributed by atoms with Gasteiger partial charge in [0.1, 0.15) is 0 Å². The van der Waals surface area contributed by atoms with Crippen molar-refractivity contribution in [2.75, 3.05) is 26.2 Å². The highest BCUT2D eigenvalue weighted by Crippen LogP contribution is 2.61. The van der Waals surface area contributed by atoms with Crippen molar-refractivity contribution in [2.24, 2.45) is 29.1 Å². The summed E-state index contributed by atoms with van der Waals surface area (Å²) in [7, 11) is 0. The third-order valence-corrected chi connectivity index (χ3v) is 8.50. The van der Waals surface area contributed by atoms with Crippen molar-refractivity contribution in [2.45, 2.75) is 76.7 Å². The predicted molar refractivity (Wildman–Crippen MR) is 116 cm³/mol. The maximum absolute atomic E-state index is 13.2. The van der Waals surface area contributed by atoms with E-state index in [1.165, 1.54) is 38.5 Å². The zero-order chi connectivity index (χ0) is 19.1. The number of hydrogen-bond donors (Lipinski definition) is 2. The summed E-state index contributed by atoms with van der Waals surface area (Å²) in [6, 6.07) is -0.00240. The first-order valence-electron chi connectivity index (χ1n) is 11.9. The van der Waals surface area contributed by atoms with Crippen molar-refractivity contribution in [1.82, 2.24) is 15.5 Å². The highest BCUT2D eigenvalue weighted by atomic mass is 35.5. The zero-order valence-corrected chi connectivity index (χ0v) is 18.5. The lowest BCUT2D eigenvalue weighted by atomic mass is 9.49. The van der Waals surface area contributed by atoms with Crippen LogP contribution in [-0.2, 0) is 9.59 Å². The second-order valence-electron chi connectivity index (χ2n) is 10.8. The van der Waals surface area contributed by atoms with Gasteiger partial charge in [-0.3, -0.25) is 9.59 Å². The minimum absolute atomic E-state index is 0. The minimum atomic E-state index is -0.00240. The highest BCUT2D eigenvalue weighted by molar-refractivity contribution is 5.85. The topological polar surface area (TPSA) is 61.4 Å². The number of carbonyl (C=O) groups is 2. The number of amides is 2. The normalized spacial score (nSPS) is 40.6. The Morgan fingerprint density at radius 1 is 1.00 bits per heavy atom. The van der Waals surface area contributed by atoms with Crippen LogP contribution in [-0.4, -0.2) is 48.9 Å². The number of piperidine rings is 1. The molecule has 2 aliphatic heterocycles. The van der Waals surface area contributed by atoms with Gasteiger partial charge in [0.15, 0.2) is 0 Å². The van der Waals surface area contributed by atoms with Crippen molar-refractivity contribution in [1.29, 1.82) is 0 Å². The molecule has 6 aliphatic rings. The number of carbonyl (C=O) groups excluding carboxylic acids is 2. The molecular formula is C23H38ClN3O2. The second kappa shape index (κ2) is 8.74. The van der Waals surface area contributed by atoms with E-state index in [1.54, 1.807) is 0 Å². The van der Waals surface area contributed by atoms with Gasteiger partial charge in [0, 0.05) is 26.1 Å². The van der Waals surface area contributed by atoms with E-state index < -0.39 is 0 Å². The van der Waals surface area contributed by atoms with E-state index in [0.717, 1.165) is 76.0 Å². The molecule has 2 saturated heterocycles. The van der Waals surface area contributed by atoms with E-state index in [9.17, 15) is 9.59 Å². The third-order valence-electron chi connectivity index (χ3n) is 8.50. The molecule has 2 heterocycles. The number of halogens is 1. The van der Waals surface area contributed by atoms with Crippen molar-refractivity contribution < 1.29 is 9.59 Å². The third kappa shape index (κ3) is 4.61. The molecule has 4 bridgehead atoms. The Morgan fingerprint density at radius 2 is 1.69 bits per heavy atom. The van der Waals surface area contributed by atoms with Gasteiger partial charge >= 0.3 is 0 Å². The summed E-state index contributed by atoms with van der Waals surface area (Å²) in [4.78, 5) is 27.6. The van der Waals surface area contributed by atoms with E-state index in [-0.39, 0.29) is 24.4 Å². The van der Waals surface area contributed by atoms with Crippen molar-refractivity contribution in [3.63, 3.8) is 0 Å². The fourth-order valence-electron chi connectivity index (χ4n) is 7.67. The molecule has 5 nitrogen and oxygen atoms in total. The molecule has 0 spiro atoms. The number of rotatable bonds is 5. The number of hydrogen-bond acceptors (Lipinski definition) is 3. The van der Waals surface area contributed by atoms with Crippen LogP contribution in [0.4, 0.5) is 0 Å². The van der Waals surface area contributed by atoms with Gasteiger partial charge in [0.05, 0.1) is 6.04 Å². The van der Waals surface area contributed by atoms with E-state index in [2.05, 4.69) is 15.5 Å². The lowest BCUT2D eigenvalue weighted by Gasteiger charge is -2.57. The lowest BCUT2D eigenvalue weighted by molar-refractivity contribution is -0.141. The van der Waals surface area contributed by atoms with Gasteiger partial charge < -0.3 is 15.5 Å². The molecule has 6 heteroatoms. The summed E-state index contributed by atoms with van der Waals surface area (Å²) >= 11 is 0. The molecule has 4 saturated carbocycles. The SMILES string of the molecule is Cl.O=C(NCC1CCCN(C(=O)CC23CC4CC(CC(C4)C2)C3)C1)C1CCCN1. The Kier molecular flexibility index (Phi) is 6.46. The average Bonchev–Trinajstić information content (AvgIpc) is 3.20. The fourth-order valence-corrected chi connectivity index (χ4v) is 7.67. The van der Waals surface area contributed by atoms with E-state index in [0.29, 0.717) is 17.2 Å². The molecule has 6 fully saturated rings. The molecular weight excluding hydrogens is 386 g/mol. The summed E-state index contributed by atoms with van der Waals surface area (Å²) in [6.45, 7) is 3.43. The monoisotopic (exact) mass is 423 g/mol. The molecule has 0 aromatic carbocycles. The Morgan fingerprint density at radius 3 is 2.31 bits per heavy atom. The molecule has 2 amide bonds. The van der Waals surface area contributed by atoms with E-state index in [1.807, 2.05) is 0 Å². The molecule has 0 radical (unpaired) electrons. The van der Waals surface area contributed by atoms with Crippen LogP contribution in [0.1, 0.15) is 70.6 Å². The molecule has 4 aliphatic carbocycles. The Bertz CT molecular complexity index is 584. The number of nitrogens with one attached hydrogen (secondary N) is 2. The maximum atomic E-state index is 13.2. The molecule has 0 aromatic rings. The molecule has 0 aromatic heterocycles. The molecule has 2 atom stereocenters. The van der Waals surface area contributed by atoms with Gasteiger partial charge in [-0.05, 0) is 99.8 Å². The first kappa shape index (κ1) is 21.4. The highest BCUT2D eigenvalue weighted by Gasteiger charge is 2.51. The molecule has 164 valence electrons. The Hall–Kier alpha value is -0.810. The Labute approximate surface area is 181 Å². The average molecular weight is 424 g/mol. The lowest BCUT2D eigenvalue weighted by Crippen LogP contribution is -2.50. The van der Waals surface area contributed by atoms with Crippen LogP contribution in [0.2, 0.25) is 0 Å². The van der Waals surface area contributed by atoms with Gasteiger partial charge in [0.25, 0.3) is 0 Å². The summed E-state index contributed by atoms with van der Waals surface area (Å²) in [5.74, 6) is 3.69. The summed E-state index contributed by atoms with van der Waals surface area (Å²) < 4.78 is 0. The van der Waals surface area contributed by atoms with Crippen molar-refractivity contribution >= 4 is 24.2 Å². The van der Waals surface area contributed by atoms with Crippen LogP contribution in [0.5, 0.6) is 0 Å². The van der Waals surface area contributed by atoms with Crippen LogP contribution in [0, 0.1) is 29.1 Å². The standard InChI is InChI=1S/C23H37N3O2.ClH/c27-21(13-23-10-17-7-18(11-23)9-19(8-17)12-23)26-6-2-3-16(15-26)14-25-22(28)20-4-1-5-24-20;/h16-20,24H,1-15H2,(H,25,28);1H. The van der Waals surface area contributed by atoms with Crippen LogP contribution >= 0.6 is 12.4 Å². The number of nitrogens with zero attached hydrogens (tertiary/aromatic N) is 1. The smallest absolute Gasteiger partial charge is 0.237 e. The second-order valence-corrected chi connectivity index (χ2v) is 10.8. The molecule has 29 heavy (non-hydrogen) atoms. The molecule has 2 N–H and O–H groups in total. The molecule has 6 rings (SSSR count). The van der Waals surface area contributed by atoms with Crippen LogP contribution in [0.3, 0.4) is 0 Å². The quantitative estimate of drug-likeness (QED) is 0.714. The largest absolute Gasteiger partial charge is 0.354 e. The van der Waals surface area contributed by atoms with Gasteiger partial charge in [0.2, 0.25) is 11.8 Å². The van der Waals surface area contributed by atoms with Gasteiger partial charge in [-0.1, -0.05) is 0 Å². The van der Waals surface area contributed by atoms with Gasteiger partial charge in [-0.25, -0.2) is 0 Å². The first-order valence-corrected chi connectivity index (χ1v) is 11.9. The molecule has 2 unspecified atom stereocenters. The number of likely N-dealkylation sites (tertiary alicyclic amines) is 1. The van der Waals surface area contributed by atoms with E-state index in [4.69, 9.17) is 0 Å².